The molecule has 3 aromatic rings. The number of fused-ring (bicyclic) bond motifs is 1. The van der Waals surface area contributed by atoms with Crippen LogP contribution < -0.4 is 16.6 Å². The van der Waals surface area contributed by atoms with Crippen molar-refractivity contribution in [2.24, 2.45) is 5.84 Å². The predicted octanol–water partition coefficient (Wildman–Crippen LogP) is 2.77. The number of nitrogens with one attached hydrogen (secondary N) is 2. The number of rotatable bonds is 3. The monoisotopic (exact) mass is 278 g/mol. The predicted molar refractivity (Wildman–Crippen MR) is 83.9 cm³/mol. The van der Waals surface area contributed by atoms with Gasteiger partial charge in [0.25, 0.3) is 5.91 Å². The molecule has 0 saturated heterocycles. The summed E-state index contributed by atoms with van der Waals surface area (Å²) in [5.74, 6) is 5.13. The van der Waals surface area contributed by atoms with Crippen molar-refractivity contribution in [2.75, 3.05) is 10.7 Å². The second-order valence-electron chi connectivity index (χ2n) is 4.55. The van der Waals surface area contributed by atoms with Crippen molar-refractivity contribution in [3.63, 3.8) is 0 Å². The number of nitrogens with two attached hydrogens (primary N) is 1. The van der Waals surface area contributed by atoms with Crippen molar-refractivity contribution < 1.29 is 4.79 Å². The second-order valence-corrected chi connectivity index (χ2v) is 4.55. The minimum Gasteiger partial charge on any atom is -0.324 e. The zero-order valence-electron chi connectivity index (χ0n) is 11.2. The Morgan fingerprint density at radius 3 is 2.57 bits per heavy atom. The number of hydrazine groups is 1. The maximum absolute atomic E-state index is 12.3. The van der Waals surface area contributed by atoms with Gasteiger partial charge >= 0.3 is 0 Å². The summed E-state index contributed by atoms with van der Waals surface area (Å²) in [6.45, 7) is 0. The molecule has 0 aliphatic heterocycles. The first-order valence-corrected chi connectivity index (χ1v) is 6.50. The molecule has 0 aliphatic rings. The molecule has 4 N–H and O–H groups in total. The number of benzene rings is 2. The lowest BCUT2D eigenvalue weighted by atomic mass is 10.1. The van der Waals surface area contributed by atoms with Crippen molar-refractivity contribution in [2.45, 2.75) is 0 Å². The Labute approximate surface area is 121 Å². The van der Waals surface area contributed by atoms with Gasteiger partial charge in [0.2, 0.25) is 0 Å². The number of amides is 1. The molecule has 0 radical (unpaired) electrons. The summed E-state index contributed by atoms with van der Waals surface area (Å²) in [5.41, 5.74) is 5.43. The number of nitrogen functional groups attached to an aromatic ring is 1. The standard InChI is InChI=1S/C16H14N4O/c17-20-12-8-6-11(7-9-12)16(21)19-15-5-1-4-14-13(15)3-2-10-18-14/h1-10,20H,17H2,(H,19,21). The van der Waals surface area contributed by atoms with E-state index in [2.05, 4.69) is 15.7 Å². The van der Waals surface area contributed by atoms with E-state index < -0.39 is 0 Å². The smallest absolute Gasteiger partial charge is 0.255 e. The van der Waals surface area contributed by atoms with Crippen molar-refractivity contribution in [3.05, 3.63) is 66.4 Å². The van der Waals surface area contributed by atoms with Crippen LogP contribution in [0.25, 0.3) is 10.9 Å². The number of hydrogen-bond donors (Lipinski definition) is 3. The summed E-state index contributed by atoms with van der Waals surface area (Å²) in [4.78, 5) is 16.5. The highest BCUT2D eigenvalue weighted by molar-refractivity contribution is 6.08. The van der Waals surface area contributed by atoms with Gasteiger partial charge in [-0.2, -0.15) is 0 Å². The lowest BCUT2D eigenvalue weighted by Crippen LogP contribution is -2.12. The van der Waals surface area contributed by atoms with E-state index >= 15 is 0 Å². The van der Waals surface area contributed by atoms with E-state index in [1.807, 2.05) is 30.3 Å². The summed E-state index contributed by atoms with van der Waals surface area (Å²) in [6, 6.07) is 16.3. The normalized spacial score (nSPS) is 10.3. The number of nitrogens with zero attached hydrogens (tertiary/aromatic N) is 1. The third kappa shape index (κ3) is 2.68. The minimum atomic E-state index is -0.171. The van der Waals surface area contributed by atoms with Crippen LogP contribution in [-0.4, -0.2) is 10.9 Å². The molecule has 5 heteroatoms. The van der Waals surface area contributed by atoms with Gasteiger partial charge in [0.15, 0.2) is 0 Å². The fraction of sp³-hybridized carbons (Fsp3) is 0. The number of aromatic nitrogens is 1. The first-order valence-electron chi connectivity index (χ1n) is 6.50. The van der Waals surface area contributed by atoms with Crippen LogP contribution in [0.2, 0.25) is 0 Å². The van der Waals surface area contributed by atoms with Crippen molar-refractivity contribution in [3.8, 4) is 0 Å². The molecule has 0 unspecified atom stereocenters. The number of hydrogen-bond acceptors (Lipinski definition) is 4. The van der Waals surface area contributed by atoms with Gasteiger partial charge in [-0.1, -0.05) is 6.07 Å². The zero-order chi connectivity index (χ0) is 14.7. The maximum Gasteiger partial charge on any atom is 0.255 e. The van der Waals surface area contributed by atoms with E-state index in [0.29, 0.717) is 5.56 Å². The first kappa shape index (κ1) is 13.1. The van der Waals surface area contributed by atoms with Crippen LogP contribution in [0.1, 0.15) is 10.4 Å². The molecule has 104 valence electrons. The van der Waals surface area contributed by atoms with Gasteiger partial charge in [-0.25, -0.2) is 0 Å². The summed E-state index contributed by atoms with van der Waals surface area (Å²) in [5, 5.41) is 3.82. The molecule has 0 saturated carbocycles. The molecule has 5 nitrogen and oxygen atoms in total. The lowest BCUT2D eigenvalue weighted by molar-refractivity contribution is 0.102. The van der Waals surface area contributed by atoms with Crippen LogP contribution >= 0.6 is 0 Å². The fourth-order valence-electron chi connectivity index (χ4n) is 2.12. The fourth-order valence-corrected chi connectivity index (χ4v) is 2.12. The van der Waals surface area contributed by atoms with Gasteiger partial charge < -0.3 is 10.7 Å². The van der Waals surface area contributed by atoms with Gasteiger partial charge in [0, 0.05) is 22.8 Å². The molecule has 3 rings (SSSR count). The van der Waals surface area contributed by atoms with Gasteiger partial charge in [-0.3, -0.25) is 15.6 Å². The Hall–Kier alpha value is -2.92. The van der Waals surface area contributed by atoms with Crippen LogP contribution in [0.5, 0.6) is 0 Å². The lowest BCUT2D eigenvalue weighted by Gasteiger charge is -2.08. The molecule has 0 bridgehead atoms. The quantitative estimate of drug-likeness (QED) is 0.508. The summed E-state index contributed by atoms with van der Waals surface area (Å²) >= 11 is 0. The number of anilines is 2. The van der Waals surface area contributed by atoms with Gasteiger partial charge in [-0.05, 0) is 48.5 Å². The first-order chi connectivity index (χ1) is 10.3. The highest BCUT2D eigenvalue weighted by Crippen LogP contribution is 2.22. The number of carbonyl (C=O) groups is 1. The molecule has 1 heterocycles. The summed E-state index contributed by atoms with van der Waals surface area (Å²) in [7, 11) is 0. The van der Waals surface area contributed by atoms with Crippen LogP contribution in [0.15, 0.2) is 60.8 Å². The third-order valence-electron chi connectivity index (χ3n) is 3.21. The summed E-state index contributed by atoms with van der Waals surface area (Å²) in [6.07, 6.45) is 1.73. The Morgan fingerprint density at radius 1 is 1.00 bits per heavy atom. The molecule has 0 aliphatic carbocycles. The van der Waals surface area contributed by atoms with Gasteiger partial charge in [0.1, 0.15) is 0 Å². The van der Waals surface area contributed by atoms with E-state index in [-0.39, 0.29) is 5.91 Å². The molecule has 1 aromatic heterocycles. The second kappa shape index (κ2) is 5.60. The minimum absolute atomic E-state index is 0.171. The van der Waals surface area contributed by atoms with Crippen LogP contribution in [0.3, 0.4) is 0 Å². The molecule has 0 atom stereocenters. The van der Waals surface area contributed by atoms with Crippen LogP contribution in [0, 0.1) is 0 Å². The van der Waals surface area contributed by atoms with Crippen LogP contribution in [0.4, 0.5) is 11.4 Å². The molecule has 0 fully saturated rings. The summed E-state index contributed by atoms with van der Waals surface area (Å²) < 4.78 is 0. The van der Waals surface area contributed by atoms with E-state index in [1.54, 1.807) is 30.5 Å². The van der Waals surface area contributed by atoms with E-state index in [0.717, 1.165) is 22.3 Å². The topological polar surface area (TPSA) is 80.0 Å². The van der Waals surface area contributed by atoms with Gasteiger partial charge in [-0.15, -0.1) is 0 Å². The molecular weight excluding hydrogens is 264 g/mol. The average molecular weight is 278 g/mol. The highest BCUT2D eigenvalue weighted by Gasteiger charge is 2.08. The molecule has 1 amide bonds. The number of carbonyl (C=O) groups excluding carboxylic acids is 1. The highest BCUT2D eigenvalue weighted by atomic mass is 16.1. The van der Waals surface area contributed by atoms with Crippen LogP contribution in [-0.2, 0) is 0 Å². The Kier molecular flexibility index (Phi) is 3.49. The Morgan fingerprint density at radius 2 is 1.81 bits per heavy atom. The number of pyridine rings is 1. The van der Waals surface area contributed by atoms with Gasteiger partial charge in [0.05, 0.1) is 11.2 Å². The van der Waals surface area contributed by atoms with Crippen molar-refractivity contribution in [1.29, 1.82) is 0 Å². The average Bonchev–Trinajstić information content (AvgIpc) is 2.55. The van der Waals surface area contributed by atoms with E-state index in [4.69, 9.17) is 5.84 Å². The Balaban J connectivity index is 1.89. The van der Waals surface area contributed by atoms with Crippen molar-refractivity contribution in [1.82, 2.24) is 4.98 Å². The SMILES string of the molecule is NNc1ccc(C(=O)Nc2cccc3ncccc23)cc1. The maximum atomic E-state index is 12.3. The molecule has 0 spiro atoms. The van der Waals surface area contributed by atoms with E-state index in [9.17, 15) is 4.79 Å². The molecular formula is C16H14N4O. The zero-order valence-corrected chi connectivity index (χ0v) is 11.2. The molecule has 21 heavy (non-hydrogen) atoms. The largest absolute Gasteiger partial charge is 0.324 e. The third-order valence-corrected chi connectivity index (χ3v) is 3.21. The molecule has 2 aromatic carbocycles. The van der Waals surface area contributed by atoms with E-state index in [1.165, 1.54) is 0 Å². The Bertz CT molecular complexity index is 778. The van der Waals surface area contributed by atoms with Crippen molar-refractivity contribution >= 4 is 28.2 Å².